The molecule has 27 heavy (non-hydrogen) atoms. The van der Waals surface area contributed by atoms with Crippen LogP contribution in [0.2, 0.25) is 0 Å². The summed E-state index contributed by atoms with van der Waals surface area (Å²) in [6, 6.07) is 0. The van der Waals surface area contributed by atoms with Crippen molar-refractivity contribution in [2.45, 2.75) is 142 Å². The summed E-state index contributed by atoms with van der Waals surface area (Å²) in [6.07, 6.45) is 28.2. The van der Waals surface area contributed by atoms with E-state index in [9.17, 15) is 0 Å². The third-order valence-electron chi connectivity index (χ3n) is 5.28. The van der Waals surface area contributed by atoms with Crippen molar-refractivity contribution in [3.63, 3.8) is 0 Å². The number of ether oxygens (including phenoxy) is 1. The minimum absolute atomic E-state index is 0. The van der Waals surface area contributed by atoms with Crippen LogP contribution in [-0.2, 0) is 4.74 Å². The first-order chi connectivity index (χ1) is 12.4. The Kier molecular flexibility index (Phi) is 38.1. The Bertz CT molecular complexity index is 204. The van der Waals surface area contributed by atoms with Gasteiger partial charge < -0.3 is 10.9 Å². The van der Waals surface area contributed by atoms with Gasteiger partial charge in [0.15, 0.2) is 0 Å². The Morgan fingerprint density at radius 1 is 0.370 bits per heavy atom. The fourth-order valence-electron chi connectivity index (χ4n) is 3.49. The molecule has 0 unspecified atom stereocenters. The van der Waals surface area contributed by atoms with Gasteiger partial charge in [0.25, 0.3) is 0 Å². The maximum atomic E-state index is 5.78. The summed E-state index contributed by atoms with van der Waals surface area (Å²) in [7, 11) is 0. The van der Waals surface area contributed by atoms with Crippen molar-refractivity contribution in [3.8, 4) is 0 Å². The number of rotatable bonds is 22. The van der Waals surface area contributed by atoms with Crippen LogP contribution in [0, 0.1) is 0 Å². The topological polar surface area (TPSA) is 44.2 Å². The average molecular weight is 396 g/mol. The van der Waals surface area contributed by atoms with Gasteiger partial charge in [-0.15, -0.1) is 0 Å². The third-order valence-corrected chi connectivity index (χ3v) is 5.28. The molecule has 0 aromatic heterocycles. The monoisotopic (exact) mass is 395 g/mol. The van der Waals surface area contributed by atoms with Crippen LogP contribution >= 0.6 is 0 Å². The predicted octanol–water partition coefficient (Wildman–Crippen LogP) is 8.36. The van der Waals surface area contributed by atoms with E-state index in [1.165, 1.54) is 128 Å². The van der Waals surface area contributed by atoms with Gasteiger partial charge in [0.2, 0.25) is 0 Å². The third kappa shape index (κ3) is 31.8. The SMILES string of the molecule is CCCCCCCCCCCCOCCCCCCCCCCCC.N.[NaH]. The molecule has 0 heterocycles. The van der Waals surface area contributed by atoms with E-state index in [0.29, 0.717) is 0 Å². The Morgan fingerprint density at radius 3 is 0.852 bits per heavy atom. The minimum atomic E-state index is 0. The van der Waals surface area contributed by atoms with Gasteiger partial charge in [-0.25, -0.2) is 0 Å². The molecule has 0 aliphatic rings. The standard InChI is InChI=1S/C24H50O.H3N.Na.H/c1-3-5-7-9-11-13-15-17-19-21-23-25-24-22-20-18-16-14-12-10-8-6-4-2;;;/h3-24H2,1-2H3;1H3;;. The van der Waals surface area contributed by atoms with Crippen molar-refractivity contribution < 1.29 is 4.74 Å². The van der Waals surface area contributed by atoms with E-state index in [-0.39, 0.29) is 35.7 Å². The van der Waals surface area contributed by atoms with E-state index >= 15 is 0 Å². The fraction of sp³-hybridized carbons (Fsp3) is 1.00. The normalized spacial score (nSPS) is 10.4. The second-order valence-electron chi connectivity index (χ2n) is 7.98. The molecule has 0 aromatic carbocycles. The van der Waals surface area contributed by atoms with E-state index in [0.717, 1.165) is 13.2 Å². The zero-order valence-electron chi connectivity index (χ0n) is 18.7. The number of unbranched alkanes of at least 4 members (excludes halogenated alkanes) is 18. The zero-order valence-corrected chi connectivity index (χ0v) is 18.7. The molecular weight excluding hydrogens is 341 g/mol. The van der Waals surface area contributed by atoms with Crippen LogP contribution in [0.4, 0.5) is 0 Å². The van der Waals surface area contributed by atoms with Crippen molar-refractivity contribution in [1.29, 1.82) is 0 Å². The molecule has 0 saturated heterocycles. The van der Waals surface area contributed by atoms with Crippen molar-refractivity contribution >= 4 is 29.6 Å². The first-order valence-corrected chi connectivity index (χ1v) is 12.0. The molecule has 162 valence electrons. The summed E-state index contributed by atoms with van der Waals surface area (Å²) in [5, 5.41) is 0. The quantitative estimate of drug-likeness (QED) is 0.148. The van der Waals surface area contributed by atoms with Crippen molar-refractivity contribution in [1.82, 2.24) is 6.15 Å². The predicted molar refractivity (Wildman–Crippen MR) is 127 cm³/mol. The molecule has 0 saturated carbocycles. The number of hydrogen-bond acceptors (Lipinski definition) is 2. The van der Waals surface area contributed by atoms with Gasteiger partial charge in [-0.05, 0) is 12.8 Å². The van der Waals surface area contributed by atoms with Crippen molar-refractivity contribution in [3.05, 3.63) is 0 Å². The molecule has 0 rings (SSSR count). The van der Waals surface area contributed by atoms with Crippen LogP contribution in [0.15, 0.2) is 0 Å². The van der Waals surface area contributed by atoms with E-state index in [1.807, 2.05) is 0 Å². The van der Waals surface area contributed by atoms with Gasteiger partial charge in [0, 0.05) is 13.2 Å². The second kappa shape index (κ2) is 31.6. The molecular formula is C24H54NNaO. The Labute approximate surface area is 195 Å². The summed E-state index contributed by atoms with van der Waals surface area (Å²) in [4.78, 5) is 0. The molecule has 3 N–H and O–H groups in total. The van der Waals surface area contributed by atoms with Gasteiger partial charge in [-0.2, -0.15) is 0 Å². The van der Waals surface area contributed by atoms with Gasteiger partial charge in [0.05, 0.1) is 0 Å². The summed E-state index contributed by atoms with van der Waals surface area (Å²) in [5.74, 6) is 0. The fourth-order valence-corrected chi connectivity index (χ4v) is 3.49. The summed E-state index contributed by atoms with van der Waals surface area (Å²) in [5.41, 5.74) is 0. The van der Waals surface area contributed by atoms with Crippen LogP contribution in [-0.4, -0.2) is 42.8 Å². The molecule has 0 bridgehead atoms. The van der Waals surface area contributed by atoms with Crippen molar-refractivity contribution in [2.24, 2.45) is 0 Å². The van der Waals surface area contributed by atoms with E-state index in [1.54, 1.807) is 0 Å². The van der Waals surface area contributed by atoms with Crippen LogP contribution in [0.25, 0.3) is 0 Å². The Balaban J connectivity index is -0.00000288. The average Bonchev–Trinajstić information content (AvgIpc) is 2.63. The zero-order chi connectivity index (χ0) is 18.3. The second-order valence-corrected chi connectivity index (χ2v) is 7.98. The molecule has 0 aliphatic heterocycles. The first kappa shape index (κ1) is 32.6. The Morgan fingerprint density at radius 2 is 0.593 bits per heavy atom. The van der Waals surface area contributed by atoms with Crippen LogP contribution in [0.1, 0.15) is 142 Å². The van der Waals surface area contributed by atoms with Gasteiger partial charge in [-0.1, -0.05) is 129 Å². The van der Waals surface area contributed by atoms with Crippen LogP contribution < -0.4 is 6.15 Å². The van der Waals surface area contributed by atoms with Gasteiger partial charge in [-0.3, -0.25) is 0 Å². The summed E-state index contributed by atoms with van der Waals surface area (Å²) < 4.78 is 5.78. The van der Waals surface area contributed by atoms with Crippen LogP contribution in [0.5, 0.6) is 0 Å². The first-order valence-electron chi connectivity index (χ1n) is 12.0. The van der Waals surface area contributed by atoms with E-state index < -0.39 is 0 Å². The molecule has 0 spiro atoms. The summed E-state index contributed by atoms with van der Waals surface area (Å²) in [6.45, 7) is 6.57. The van der Waals surface area contributed by atoms with Crippen LogP contribution in [0.3, 0.4) is 0 Å². The molecule has 0 atom stereocenters. The maximum absolute atomic E-state index is 5.78. The molecule has 2 nitrogen and oxygen atoms in total. The van der Waals surface area contributed by atoms with Crippen molar-refractivity contribution in [2.75, 3.05) is 13.2 Å². The Hall–Kier alpha value is 0.920. The molecule has 0 aliphatic carbocycles. The van der Waals surface area contributed by atoms with E-state index in [4.69, 9.17) is 4.74 Å². The molecule has 0 aromatic rings. The molecule has 0 fully saturated rings. The van der Waals surface area contributed by atoms with Gasteiger partial charge >= 0.3 is 29.6 Å². The van der Waals surface area contributed by atoms with E-state index in [2.05, 4.69) is 13.8 Å². The molecule has 0 radical (unpaired) electrons. The number of hydrogen-bond donors (Lipinski definition) is 1. The summed E-state index contributed by atoms with van der Waals surface area (Å²) >= 11 is 0. The van der Waals surface area contributed by atoms with Gasteiger partial charge in [0.1, 0.15) is 0 Å². The molecule has 3 heteroatoms. The molecule has 0 amide bonds.